The lowest BCUT2D eigenvalue weighted by Gasteiger charge is -2.21. The van der Waals surface area contributed by atoms with E-state index in [-0.39, 0.29) is 11.3 Å². The first-order valence-corrected chi connectivity index (χ1v) is 6.60. The molecule has 1 aromatic heterocycles. The Morgan fingerprint density at radius 1 is 1.39 bits per heavy atom. The molecule has 0 atom stereocenters. The van der Waals surface area contributed by atoms with Crippen LogP contribution in [-0.2, 0) is 19.4 Å². The molecule has 0 saturated heterocycles. The van der Waals surface area contributed by atoms with Gasteiger partial charge >= 0.3 is 0 Å². The summed E-state index contributed by atoms with van der Waals surface area (Å²) in [5.41, 5.74) is 2.68. The maximum atomic E-state index is 12.4. The Kier molecular flexibility index (Phi) is 2.62. The van der Waals surface area contributed by atoms with Crippen molar-refractivity contribution in [2.75, 3.05) is 0 Å². The zero-order chi connectivity index (χ0) is 12.7. The zero-order valence-corrected chi connectivity index (χ0v) is 10.6. The Labute approximate surface area is 106 Å². The van der Waals surface area contributed by atoms with Crippen LogP contribution in [0.3, 0.4) is 0 Å². The van der Waals surface area contributed by atoms with Gasteiger partial charge in [-0.3, -0.25) is 4.79 Å². The van der Waals surface area contributed by atoms with Crippen LogP contribution in [0.4, 0.5) is 0 Å². The van der Waals surface area contributed by atoms with Crippen LogP contribution < -0.4 is 5.56 Å². The third-order valence-electron chi connectivity index (χ3n) is 3.76. The van der Waals surface area contributed by atoms with Crippen molar-refractivity contribution in [2.24, 2.45) is 0 Å². The fourth-order valence-electron chi connectivity index (χ4n) is 2.95. The van der Waals surface area contributed by atoms with Gasteiger partial charge in [0.05, 0.1) is 11.1 Å². The van der Waals surface area contributed by atoms with Crippen LogP contribution in [0.1, 0.15) is 30.9 Å². The molecule has 0 aliphatic carbocycles. The van der Waals surface area contributed by atoms with E-state index < -0.39 is 0 Å². The van der Waals surface area contributed by atoms with Crippen LogP contribution in [0, 0.1) is 0 Å². The van der Waals surface area contributed by atoms with Crippen molar-refractivity contribution >= 4 is 10.9 Å². The minimum Gasteiger partial charge on any atom is -0.507 e. The number of pyridine rings is 1. The highest BCUT2D eigenvalue weighted by atomic mass is 16.3. The fraction of sp³-hybridized carbons (Fsp3) is 0.400. The highest BCUT2D eigenvalue weighted by Crippen LogP contribution is 2.31. The Bertz CT molecular complexity index is 670. The topological polar surface area (TPSA) is 42.2 Å². The normalized spacial score (nSPS) is 14.1. The van der Waals surface area contributed by atoms with Gasteiger partial charge in [0.25, 0.3) is 5.56 Å². The summed E-state index contributed by atoms with van der Waals surface area (Å²) < 4.78 is 1.85. The van der Waals surface area contributed by atoms with Gasteiger partial charge in [-0.2, -0.15) is 0 Å². The Morgan fingerprint density at radius 2 is 2.22 bits per heavy atom. The molecule has 0 spiro atoms. The van der Waals surface area contributed by atoms with Gasteiger partial charge in [-0.1, -0.05) is 25.5 Å². The summed E-state index contributed by atoms with van der Waals surface area (Å²) in [6, 6.07) is 5.93. The van der Waals surface area contributed by atoms with E-state index in [2.05, 4.69) is 6.07 Å². The maximum Gasteiger partial charge on any atom is 0.257 e. The average Bonchev–Trinajstić information content (AvgIpc) is 2.40. The lowest BCUT2D eigenvalue weighted by atomic mass is 9.98. The summed E-state index contributed by atoms with van der Waals surface area (Å²) in [7, 11) is 0. The van der Waals surface area contributed by atoms with Crippen LogP contribution in [0.2, 0.25) is 0 Å². The zero-order valence-electron chi connectivity index (χ0n) is 10.6. The lowest BCUT2D eigenvalue weighted by Crippen LogP contribution is -2.27. The average molecular weight is 243 g/mol. The van der Waals surface area contributed by atoms with E-state index in [0.717, 1.165) is 36.7 Å². The van der Waals surface area contributed by atoms with E-state index in [1.807, 2.05) is 23.6 Å². The monoisotopic (exact) mass is 243 g/mol. The molecule has 0 unspecified atom stereocenters. The SMILES string of the molecule is CCCc1c(O)c2cccc3c2n(c1=O)CCC3. The third kappa shape index (κ3) is 1.47. The summed E-state index contributed by atoms with van der Waals surface area (Å²) in [6.45, 7) is 2.79. The van der Waals surface area contributed by atoms with Gasteiger partial charge in [0.1, 0.15) is 5.75 Å². The highest BCUT2D eigenvalue weighted by Gasteiger charge is 2.19. The van der Waals surface area contributed by atoms with E-state index >= 15 is 0 Å². The Morgan fingerprint density at radius 3 is 3.00 bits per heavy atom. The molecule has 18 heavy (non-hydrogen) atoms. The number of aromatic hydroxyl groups is 1. The van der Waals surface area contributed by atoms with Crippen molar-refractivity contribution in [1.82, 2.24) is 4.57 Å². The van der Waals surface area contributed by atoms with E-state index in [0.29, 0.717) is 12.0 Å². The maximum absolute atomic E-state index is 12.4. The summed E-state index contributed by atoms with van der Waals surface area (Å²) in [4.78, 5) is 12.4. The van der Waals surface area contributed by atoms with Crippen molar-refractivity contribution in [3.05, 3.63) is 39.7 Å². The van der Waals surface area contributed by atoms with Gasteiger partial charge in [-0.25, -0.2) is 0 Å². The third-order valence-corrected chi connectivity index (χ3v) is 3.76. The first-order chi connectivity index (χ1) is 8.74. The van der Waals surface area contributed by atoms with E-state index in [9.17, 15) is 9.90 Å². The molecule has 3 rings (SSSR count). The molecule has 3 heteroatoms. The molecule has 0 bridgehead atoms. The number of para-hydroxylation sites is 1. The molecule has 2 aromatic rings. The molecule has 0 saturated carbocycles. The molecule has 0 amide bonds. The number of aryl methyl sites for hydroxylation is 2. The molecule has 1 N–H and O–H groups in total. The van der Waals surface area contributed by atoms with E-state index in [4.69, 9.17) is 0 Å². The summed E-state index contributed by atoms with van der Waals surface area (Å²) in [5, 5.41) is 11.1. The molecule has 0 fully saturated rings. The molecular weight excluding hydrogens is 226 g/mol. The van der Waals surface area contributed by atoms with Gasteiger partial charge in [0.2, 0.25) is 0 Å². The molecule has 94 valence electrons. The number of hydrogen-bond donors (Lipinski definition) is 1. The quantitative estimate of drug-likeness (QED) is 0.881. The van der Waals surface area contributed by atoms with Gasteiger partial charge in [-0.05, 0) is 30.9 Å². The molecule has 1 aromatic carbocycles. The number of aromatic nitrogens is 1. The second kappa shape index (κ2) is 4.16. The van der Waals surface area contributed by atoms with Crippen molar-refractivity contribution < 1.29 is 5.11 Å². The second-order valence-electron chi connectivity index (χ2n) is 4.95. The molecule has 2 heterocycles. The van der Waals surface area contributed by atoms with Crippen LogP contribution in [0.5, 0.6) is 5.75 Å². The van der Waals surface area contributed by atoms with Crippen molar-refractivity contribution in [1.29, 1.82) is 0 Å². The van der Waals surface area contributed by atoms with E-state index in [1.54, 1.807) is 0 Å². The molecule has 1 aliphatic heterocycles. The Hall–Kier alpha value is -1.77. The van der Waals surface area contributed by atoms with E-state index in [1.165, 1.54) is 5.56 Å². The summed E-state index contributed by atoms with van der Waals surface area (Å²) in [6.07, 6.45) is 3.50. The summed E-state index contributed by atoms with van der Waals surface area (Å²) >= 11 is 0. The summed E-state index contributed by atoms with van der Waals surface area (Å²) in [5.74, 6) is 0.192. The molecule has 0 radical (unpaired) electrons. The van der Waals surface area contributed by atoms with Crippen molar-refractivity contribution in [3.8, 4) is 5.75 Å². The lowest BCUT2D eigenvalue weighted by molar-refractivity contribution is 0.468. The minimum absolute atomic E-state index is 0.00556. The number of nitrogens with zero attached hydrogens (tertiary/aromatic N) is 1. The number of benzene rings is 1. The van der Waals surface area contributed by atoms with Gasteiger partial charge in [0, 0.05) is 11.9 Å². The number of hydrogen-bond acceptors (Lipinski definition) is 2. The minimum atomic E-state index is -0.00556. The van der Waals surface area contributed by atoms with Gasteiger partial charge < -0.3 is 9.67 Å². The number of rotatable bonds is 2. The van der Waals surface area contributed by atoms with Crippen molar-refractivity contribution in [3.63, 3.8) is 0 Å². The first kappa shape index (κ1) is 11.3. The fourth-order valence-corrected chi connectivity index (χ4v) is 2.95. The molecule has 1 aliphatic rings. The molecular formula is C15H17NO2. The van der Waals surface area contributed by atoms with Crippen LogP contribution in [-0.4, -0.2) is 9.67 Å². The largest absolute Gasteiger partial charge is 0.507 e. The van der Waals surface area contributed by atoms with Crippen LogP contribution in [0.15, 0.2) is 23.0 Å². The first-order valence-electron chi connectivity index (χ1n) is 6.60. The van der Waals surface area contributed by atoms with Crippen molar-refractivity contribution in [2.45, 2.75) is 39.2 Å². The van der Waals surface area contributed by atoms with Crippen LogP contribution in [0.25, 0.3) is 10.9 Å². The standard InChI is InChI=1S/C15H17NO2/c1-2-5-12-14(17)11-8-3-6-10-7-4-9-16(13(10)11)15(12)18/h3,6,8,17H,2,4-5,7,9H2,1H3. The van der Waals surface area contributed by atoms with Gasteiger partial charge in [0.15, 0.2) is 0 Å². The predicted octanol–water partition coefficient (Wildman–Crippen LogP) is 2.61. The predicted molar refractivity (Wildman–Crippen MR) is 72.2 cm³/mol. The Balaban J connectivity index is 2.46. The second-order valence-corrected chi connectivity index (χ2v) is 4.95. The highest BCUT2D eigenvalue weighted by molar-refractivity contribution is 5.89. The smallest absolute Gasteiger partial charge is 0.257 e. The van der Waals surface area contributed by atoms with Crippen LogP contribution >= 0.6 is 0 Å². The van der Waals surface area contributed by atoms with Gasteiger partial charge in [-0.15, -0.1) is 0 Å². The molecule has 3 nitrogen and oxygen atoms in total.